The molecular formula is C104H72N8. The van der Waals surface area contributed by atoms with Crippen LogP contribution < -0.4 is 0 Å². The van der Waals surface area contributed by atoms with Crippen molar-refractivity contribution in [1.29, 1.82) is 0 Å². The van der Waals surface area contributed by atoms with Gasteiger partial charge >= 0.3 is 0 Å². The normalized spacial score (nSPS) is 11.3. The van der Waals surface area contributed by atoms with Crippen LogP contribution in [0.3, 0.4) is 0 Å². The number of aryl methyl sites for hydroxylation is 2. The van der Waals surface area contributed by atoms with Crippen molar-refractivity contribution < 1.29 is 0 Å². The lowest BCUT2D eigenvalue weighted by Crippen LogP contribution is -2.00. The molecule has 112 heavy (non-hydrogen) atoms. The third-order valence-corrected chi connectivity index (χ3v) is 21.2. The Labute approximate surface area is 650 Å². The number of hydrogen-bond donors (Lipinski definition) is 0. The molecule has 0 aliphatic carbocycles. The van der Waals surface area contributed by atoms with Gasteiger partial charge in [0, 0.05) is 66.3 Å². The fourth-order valence-electron chi connectivity index (χ4n) is 15.6. The van der Waals surface area contributed by atoms with E-state index in [1.807, 2.05) is 121 Å². The monoisotopic (exact) mass is 1430 g/mol. The van der Waals surface area contributed by atoms with E-state index < -0.39 is 0 Å². The van der Waals surface area contributed by atoms with Crippen molar-refractivity contribution in [2.24, 2.45) is 0 Å². The van der Waals surface area contributed by atoms with Gasteiger partial charge < -0.3 is 9.13 Å². The van der Waals surface area contributed by atoms with Gasteiger partial charge in [0.1, 0.15) is 0 Å². The SMILES string of the molecule is Cc1ccc(-c2nc(-c3ccccc3)nc(-c3ccccc3)n2)cc1-c1cccc2c1c1cc(-c3ccccc3)ccc1n2-c1ccc(-c2ccccc2)cc1.Cc1ccc(-c2nc(-c3ccccc3)nc(-c3ccccc3)n2)cc1-c1cccc2c1c1cc(-c3ccccc3)ccc1n2-c1cccc(-c2ccccc2)c1. The van der Waals surface area contributed by atoms with Gasteiger partial charge in [-0.05, 0) is 165 Å². The molecule has 4 heterocycles. The van der Waals surface area contributed by atoms with Crippen molar-refractivity contribution in [1.82, 2.24) is 39.0 Å². The van der Waals surface area contributed by atoms with Crippen LogP contribution in [0.5, 0.6) is 0 Å². The zero-order valence-corrected chi connectivity index (χ0v) is 61.7. The van der Waals surface area contributed by atoms with Crippen molar-refractivity contribution in [2.75, 3.05) is 0 Å². The summed E-state index contributed by atoms with van der Waals surface area (Å²) in [5.74, 6) is 3.86. The largest absolute Gasteiger partial charge is 0.309 e. The first-order valence-electron chi connectivity index (χ1n) is 37.9. The van der Waals surface area contributed by atoms with Gasteiger partial charge in [0.25, 0.3) is 0 Å². The van der Waals surface area contributed by atoms with Crippen LogP contribution in [-0.2, 0) is 0 Å². The van der Waals surface area contributed by atoms with Crippen LogP contribution in [0.1, 0.15) is 11.1 Å². The van der Waals surface area contributed by atoms with Crippen LogP contribution in [0.2, 0.25) is 0 Å². The first-order chi connectivity index (χ1) is 55.3. The predicted octanol–water partition coefficient (Wildman–Crippen LogP) is 26.6. The summed E-state index contributed by atoms with van der Waals surface area (Å²) in [6.07, 6.45) is 0. The maximum Gasteiger partial charge on any atom is 0.164 e. The second-order valence-corrected chi connectivity index (χ2v) is 28.2. The zero-order chi connectivity index (χ0) is 74.9. The number of rotatable bonds is 14. The Kier molecular flexibility index (Phi) is 18.0. The molecule has 8 heteroatoms. The van der Waals surface area contributed by atoms with Gasteiger partial charge in [-0.15, -0.1) is 0 Å². The first-order valence-corrected chi connectivity index (χ1v) is 37.9. The van der Waals surface area contributed by atoms with Crippen LogP contribution in [0, 0.1) is 13.8 Å². The molecule has 0 saturated heterocycles. The van der Waals surface area contributed by atoms with Crippen molar-refractivity contribution in [3.8, 4) is 146 Å². The van der Waals surface area contributed by atoms with Crippen molar-refractivity contribution in [3.63, 3.8) is 0 Å². The van der Waals surface area contributed by atoms with E-state index in [1.165, 1.54) is 77.2 Å². The van der Waals surface area contributed by atoms with E-state index in [-0.39, 0.29) is 0 Å². The second kappa shape index (κ2) is 29.7. The average molecular weight is 1430 g/mol. The van der Waals surface area contributed by atoms with Gasteiger partial charge in [0.2, 0.25) is 0 Å². The number of benzene rings is 16. The molecule has 0 spiro atoms. The van der Waals surface area contributed by atoms with E-state index in [0.29, 0.717) is 34.9 Å². The molecule has 0 N–H and O–H groups in total. The van der Waals surface area contributed by atoms with E-state index in [4.69, 9.17) is 29.9 Å². The molecule has 20 rings (SSSR count). The summed E-state index contributed by atoms with van der Waals surface area (Å²) >= 11 is 0. The first kappa shape index (κ1) is 67.7. The van der Waals surface area contributed by atoms with E-state index >= 15 is 0 Å². The maximum atomic E-state index is 5.07. The van der Waals surface area contributed by atoms with Gasteiger partial charge in [0.15, 0.2) is 34.9 Å². The number of fused-ring (bicyclic) bond motifs is 6. The predicted molar refractivity (Wildman–Crippen MR) is 463 cm³/mol. The Morgan fingerprint density at radius 1 is 0.170 bits per heavy atom. The molecule has 0 aliphatic heterocycles. The molecule has 4 aromatic heterocycles. The number of hydrogen-bond acceptors (Lipinski definition) is 6. The Bertz CT molecular complexity index is 6710. The average Bonchev–Trinajstić information content (AvgIpc) is 1.56. The van der Waals surface area contributed by atoms with Crippen LogP contribution >= 0.6 is 0 Å². The molecule has 0 radical (unpaired) electrons. The lowest BCUT2D eigenvalue weighted by atomic mass is 9.93. The van der Waals surface area contributed by atoms with E-state index in [0.717, 1.165) is 89.1 Å². The molecule has 0 saturated carbocycles. The second-order valence-electron chi connectivity index (χ2n) is 28.2. The number of nitrogens with zero attached hydrogens (tertiary/aromatic N) is 8. The summed E-state index contributed by atoms with van der Waals surface area (Å²) in [7, 11) is 0. The smallest absolute Gasteiger partial charge is 0.164 e. The summed E-state index contributed by atoms with van der Waals surface area (Å²) in [6, 6.07) is 141. The standard InChI is InChI=1S/2C52H36N4/c1-35-28-29-42(52-54-50(38-20-10-4-11-21-38)53-51(55-52)39-22-12-5-13-23-39)34-45(35)44-26-15-27-48-49(44)46-33-41(37-18-8-3-9-19-37)30-31-47(46)56(48)43-25-14-24-40(32-43)36-16-6-2-7-17-36;1-35-25-26-42(52-54-50(39-19-10-4-11-20-39)53-51(55-52)40-21-12-5-13-22-40)34-45(35)44-23-14-24-48-49(44)46-33-41(37-17-8-3-9-18-37)29-32-47(46)56(48)43-30-27-38(28-31-43)36-15-6-2-7-16-36/h2*2-34H,1H3. The van der Waals surface area contributed by atoms with E-state index in [1.54, 1.807) is 0 Å². The molecule has 0 bridgehead atoms. The highest BCUT2D eigenvalue weighted by Crippen LogP contribution is 2.45. The minimum absolute atomic E-state index is 0.637. The van der Waals surface area contributed by atoms with Gasteiger partial charge in [-0.2, -0.15) is 0 Å². The molecule has 0 unspecified atom stereocenters. The fraction of sp³-hybridized carbons (Fsp3) is 0.0192. The Morgan fingerprint density at radius 3 is 0.795 bits per heavy atom. The topological polar surface area (TPSA) is 87.2 Å². The van der Waals surface area contributed by atoms with Crippen molar-refractivity contribution in [2.45, 2.75) is 13.8 Å². The zero-order valence-electron chi connectivity index (χ0n) is 61.7. The van der Waals surface area contributed by atoms with Gasteiger partial charge in [-0.25, -0.2) is 29.9 Å². The highest BCUT2D eigenvalue weighted by molar-refractivity contribution is 6.18. The van der Waals surface area contributed by atoms with Gasteiger partial charge in [0.05, 0.1) is 22.1 Å². The van der Waals surface area contributed by atoms with Crippen molar-refractivity contribution in [3.05, 3.63) is 412 Å². The van der Waals surface area contributed by atoms with Crippen LogP contribution in [0.15, 0.2) is 400 Å². The third-order valence-electron chi connectivity index (χ3n) is 21.2. The molecule has 0 fully saturated rings. The molecule has 20 aromatic rings. The van der Waals surface area contributed by atoms with E-state index in [9.17, 15) is 0 Å². The molecule has 0 aliphatic rings. The van der Waals surface area contributed by atoms with Crippen molar-refractivity contribution >= 4 is 43.6 Å². The molecule has 0 atom stereocenters. The quantitative estimate of drug-likeness (QED) is 0.108. The number of aromatic nitrogens is 8. The fourth-order valence-corrected chi connectivity index (χ4v) is 15.6. The maximum absolute atomic E-state index is 5.07. The van der Waals surface area contributed by atoms with E-state index in [2.05, 4.69) is 302 Å². The molecule has 0 amide bonds. The van der Waals surface area contributed by atoms with Gasteiger partial charge in [-0.3, -0.25) is 0 Å². The lowest BCUT2D eigenvalue weighted by molar-refractivity contribution is 1.07. The summed E-state index contributed by atoms with van der Waals surface area (Å²) in [5.41, 5.74) is 29.0. The van der Waals surface area contributed by atoms with Gasteiger partial charge in [-0.1, -0.05) is 328 Å². The highest BCUT2D eigenvalue weighted by Gasteiger charge is 2.24. The Hall–Kier alpha value is -14.9. The highest BCUT2D eigenvalue weighted by atomic mass is 15.0. The van der Waals surface area contributed by atoms with Crippen LogP contribution in [0.25, 0.3) is 190 Å². The van der Waals surface area contributed by atoms with Crippen LogP contribution in [0.4, 0.5) is 0 Å². The molecule has 8 nitrogen and oxygen atoms in total. The molecule has 528 valence electrons. The Balaban J connectivity index is 0.000000151. The Morgan fingerprint density at radius 2 is 0.438 bits per heavy atom. The lowest BCUT2D eigenvalue weighted by Gasteiger charge is -2.13. The molecule has 16 aromatic carbocycles. The molecular weight excluding hydrogens is 1360 g/mol. The third kappa shape index (κ3) is 13.2. The van der Waals surface area contributed by atoms with Crippen LogP contribution in [-0.4, -0.2) is 39.0 Å². The summed E-state index contributed by atoms with van der Waals surface area (Å²) in [5, 5.41) is 4.81. The summed E-state index contributed by atoms with van der Waals surface area (Å²) in [6.45, 7) is 4.38. The minimum atomic E-state index is 0.637. The minimum Gasteiger partial charge on any atom is -0.309 e. The summed E-state index contributed by atoms with van der Waals surface area (Å²) in [4.78, 5) is 30.2. The summed E-state index contributed by atoms with van der Waals surface area (Å²) < 4.78 is 4.82.